The number of nitrogens with zero attached hydrogens (tertiary/aromatic N) is 1. The van der Waals surface area contributed by atoms with Crippen molar-refractivity contribution in [3.8, 4) is 0 Å². The van der Waals surface area contributed by atoms with Crippen molar-refractivity contribution in [3.63, 3.8) is 0 Å². The second kappa shape index (κ2) is 6.98. The number of carbonyl (C=O) groups is 2. The molecule has 0 aliphatic carbocycles. The summed E-state index contributed by atoms with van der Waals surface area (Å²) in [6.07, 6.45) is 5.31. The monoisotopic (exact) mass is 279 g/mol. The molecule has 1 fully saturated rings. The van der Waals surface area contributed by atoms with Crippen molar-refractivity contribution >= 4 is 12.0 Å². The minimum absolute atomic E-state index is 0.0270. The SMILES string of the molecule is CCOC(=O)N1CCC(NC(=O)Cc2cc[nH]c2)CC1. The third-order valence-electron chi connectivity index (χ3n) is 3.41. The first kappa shape index (κ1) is 14.4. The van der Waals surface area contributed by atoms with Crippen LogP contribution in [0.15, 0.2) is 18.5 Å². The van der Waals surface area contributed by atoms with Crippen molar-refractivity contribution < 1.29 is 14.3 Å². The maximum atomic E-state index is 11.9. The van der Waals surface area contributed by atoms with Gasteiger partial charge in [0, 0.05) is 31.5 Å². The number of nitrogens with one attached hydrogen (secondary N) is 2. The fraction of sp³-hybridized carbons (Fsp3) is 0.571. The lowest BCUT2D eigenvalue weighted by Crippen LogP contribution is -2.47. The van der Waals surface area contributed by atoms with Crippen LogP contribution in [0.3, 0.4) is 0 Å². The van der Waals surface area contributed by atoms with Gasteiger partial charge >= 0.3 is 6.09 Å². The zero-order valence-electron chi connectivity index (χ0n) is 11.7. The van der Waals surface area contributed by atoms with E-state index in [1.807, 2.05) is 12.3 Å². The average Bonchev–Trinajstić information content (AvgIpc) is 2.92. The van der Waals surface area contributed by atoms with Gasteiger partial charge < -0.3 is 19.9 Å². The number of carbonyl (C=O) groups excluding carboxylic acids is 2. The molecule has 2 rings (SSSR count). The summed E-state index contributed by atoms with van der Waals surface area (Å²) in [5, 5.41) is 3.02. The van der Waals surface area contributed by atoms with E-state index in [1.54, 1.807) is 18.0 Å². The Balaban J connectivity index is 1.71. The fourth-order valence-electron chi connectivity index (χ4n) is 2.35. The molecule has 2 amide bonds. The standard InChI is InChI=1S/C14H21N3O3/c1-2-20-14(19)17-7-4-12(5-8-17)16-13(18)9-11-3-6-15-10-11/h3,6,10,12,15H,2,4-5,7-9H2,1H3,(H,16,18). The second-order valence-electron chi connectivity index (χ2n) is 4.92. The van der Waals surface area contributed by atoms with Gasteiger partial charge in [-0.2, -0.15) is 0 Å². The van der Waals surface area contributed by atoms with E-state index in [1.165, 1.54) is 0 Å². The summed E-state index contributed by atoms with van der Waals surface area (Å²) in [6, 6.07) is 2.04. The van der Waals surface area contributed by atoms with Gasteiger partial charge in [-0.1, -0.05) is 0 Å². The largest absolute Gasteiger partial charge is 0.450 e. The van der Waals surface area contributed by atoms with E-state index in [-0.39, 0.29) is 18.0 Å². The number of amides is 2. The van der Waals surface area contributed by atoms with Gasteiger partial charge in [-0.25, -0.2) is 4.79 Å². The van der Waals surface area contributed by atoms with Crippen molar-refractivity contribution in [1.29, 1.82) is 0 Å². The summed E-state index contributed by atoms with van der Waals surface area (Å²) in [6.45, 7) is 3.46. The highest BCUT2D eigenvalue weighted by molar-refractivity contribution is 5.78. The molecule has 0 atom stereocenters. The molecule has 2 N–H and O–H groups in total. The van der Waals surface area contributed by atoms with E-state index in [4.69, 9.17) is 4.74 Å². The van der Waals surface area contributed by atoms with Gasteiger partial charge in [-0.3, -0.25) is 4.79 Å². The van der Waals surface area contributed by atoms with Crippen LogP contribution in [0, 0.1) is 0 Å². The number of hydrogen-bond acceptors (Lipinski definition) is 3. The van der Waals surface area contributed by atoms with Crippen LogP contribution in [0.5, 0.6) is 0 Å². The average molecular weight is 279 g/mol. The highest BCUT2D eigenvalue weighted by atomic mass is 16.6. The van der Waals surface area contributed by atoms with Crippen LogP contribution in [0.4, 0.5) is 4.79 Å². The molecule has 0 aromatic carbocycles. The van der Waals surface area contributed by atoms with Crippen LogP contribution < -0.4 is 5.32 Å². The third kappa shape index (κ3) is 4.01. The first-order chi connectivity index (χ1) is 9.69. The number of piperidine rings is 1. The molecule has 110 valence electrons. The van der Waals surface area contributed by atoms with E-state index in [0.29, 0.717) is 26.1 Å². The van der Waals surface area contributed by atoms with Crippen LogP contribution in [0.25, 0.3) is 0 Å². The Morgan fingerprint density at radius 1 is 1.45 bits per heavy atom. The Bertz CT molecular complexity index is 437. The van der Waals surface area contributed by atoms with Crippen molar-refractivity contribution in [2.45, 2.75) is 32.2 Å². The molecule has 0 radical (unpaired) electrons. The Kier molecular flexibility index (Phi) is 5.03. The molecule has 2 heterocycles. The molecule has 6 nitrogen and oxygen atoms in total. The van der Waals surface area contributed by atoms with Gasteiger partial charge in [-0.05, 0) is 31.4 Å². The summed E-state index contributed by atoms with van der Waals surface area (Å²) >= 11 is 0. The molecule has 0 bridgehead atoms. The van der Waals surface area contributed by atoms with Crippen LogP contribution in [-0.2, 0) is 16.0 Å². The van der Waals surface area contributed by atoms with Gasteiger partial charge in [0.1, 0.15) is 0 Å². The fourth-order valence-corrected chi connectivity index (χ4v) is 2.35. The molecule has 1 aromatic heterocycles. The lowest BCUT2D eigenvalue weighted by Gasteiger charge is -2.31. The van der Waals surface area contributed by atoms with E-state index in [2.05, 4.69) is 10.3 Å². The normalized spacial score (nSPS) is 15.9. The number of ether oxygens (including phenoxy) is 1. The Morgan fingerprint density at radius 2 is 2.20 bits per heavy atom. The zero-order valence-corrected chi connectivity index (χ0v) is 11.7. The number of aromatic nitrogens is 1. The predicted octanol–water partition coefficient (Wildman–Crippen LogP) is 1.29. The molecular formula is C14H21N3O3. The summed E-state index contributed by atoms with van der Waals surface area (Å²) in [5.74, 6) is 0.0270. The molecular weight excluding hydrogens is 258 g/mol. The van der Waals surface area contributed by atoms with Gasteiger partial charge in [-0.15, -0.1) is 0 Å². The highest BCUT2D eigenvalue weighted by Crippen LogP contribution is 2.12. The summed E-state index contributed by atoms with van der Waals surface area (Å²) in [7, 11) is 0. The van der Waals surface area contributed by atoms with Crippen LogP contribution >= 0.6 is 0 Å². The lowest BCUT2D eigenvalue weighted by molar-refractivity contribution is -0.121. The Morgan fingerprint density at radius 3 is 2.80 bits per heavy atom. The number of aromatic amines is 1. The second-order valence-corrected chi connectivity index (χ2v) is 4.92. The van der Waals surface area contributed by atoms with Crippen molar-refractivity contribution in [3.05, 3.63) is 24.0 Å². The third-order valence-corrected chi connectivity index (χ3v) is 3.41. The van der Waals surface area contributed by atoms with Crippen LogP contribution in [0.2, 0.25) is 0 Å². The molecule has 0 saturated carbocycles. The van der Waals surface area contributed by atoms with E-state index >= 15 is 0 Å². The summed E-state index contributed by atoms with van der Waals surface area (Å²) < 4.78 is 4.96. The van der Waals surface area contributed by atoms with Crippen molar-refractivity contribution in [2.24, 2.45) is 0 Å². The maximum absolute atomic E-state index is 11.9. The maximum Gasteiger partial charge on any atom is 0.409 e. The molecule has 1 saturated heterocycles. The van der Waals surface area contributed by atoms with E-state index < -0.39 is 0 Å². The molecule has 0 spiro atoms. The number of likely N-dealkylation sites (tertiary alicyclic amines) is 1. The topological polar surface area (TPSA) is 74.4 Å². The zero-order chi connectivity index (χ0) is 14.4. The van der Waals surface area contributed by atoms with Gasteiger partial charge in [0.05, 0.1) is 13.0 Å². The first-order valence-electron chi connectivity index (χ1n) is 7.01. The van der Waals surface area contributed by atoms with Crippen molar-refractivity contribution in [1.82, 2.24) is 15.2 Å². The molecule has 20 heavy (non-hydrogen) atoms. The molecule has 6 heteroatoms. The lowest BCUT2D eigenvalue weighted by atomic mass is 10.0. The van der Waals surface area contributed by atoms with Crippen LogP contribution in [-0.4, -0.2) is 47.6 Å². The molecule has 1 aromatic rings. The minimum Gasteiger partial charge on any atom is -0.450 e. The smallest absolute Gasteiger partial charge is 0.409 e. The Hall–Kier alpha value is -1.98. The number of hydrogen-bond donors (Lipinski definition) is 2. The number of H-pyrrole nitrogens is 1. The summed E-state index contributed by atoms with van der Waals surface area (Å²) in [4.78, 5) is 28.0. The molecule has 0 unspecified atom stereocenters. The number of rotatable bonds is 4. The van der Waals surface area contributed by atoms with Gasteiger partial charge in [0.15, 0.2) is 0 Å². The summed E-state index contributed by atoms with van der Waals surface area (Å²) in [5.41, 5.74) is 0.978. The molecule has 1 aliphatic heterocycles. The minimum atomic E-state index is -0.260. The highest BCUT2D eigenvalue weighted by Gasteiger charge is 2.24. The van der Waals surface area contributed by atoms with E-state index in [9.17, 15) is 9.59 Å². The van der Waals surface area contributed by atoms with Crippen LogP contribution in [0.1, 0.15) is 25.3 Å². The van der Waals surface area contributed by atoms with Gasteiger partial charge in [0.2, 0.25) is 5.91 Å². The quantitative estimate of drug-likeness (QED) is 0.872. The Labute approximate surface area is 118 Å². The van der Waals surface area contributed by atoms with Gasteiger partial charge in [0.25, 0.3) is 0 Å². The molecule has 1 aliphatic rings. The predicted molar refractivity (Wildman–Crippen MR) is 74.3 cm³/mol. The van der Waals surface area contributed by atoms with E-state index in [0.717, 1.165) is 18.4 Å². The van der Waals surface area contributed by atoms with Crippen molar-refractivity contribution in [2.75, 3.05) is 19.7 Å². The first-order valence-corrected chi connectivity index (χ1v) is 7.01.